The van der Waals surface area contributed by atoms with Crippen molar-refractivity contribution in [3.05, 3.63) is 35.7 Å². The lowest BCUT2D eigenvalue weighted by Crippen LogP contribution is -2.01. The fraction of sp³-hybridized carbons (Fsp3) is 0.273. The van der Waals surface area contributed by atoms with Crippen LogP contribution in [0.15, 0.2) is 18.7 Å². The molecule has 0 aromatic carbocycles. The van der Waals surface area contributed by atoms with Gasteiger partial charge in [0.2, 0.25) is 0 Å². The van der Waals surface area contributed by atoms with Crippen LogP contribution in [-0.2, 0) is 13.1 Å². The zero-order valence-electron chi connectivity index (χ0n) is 9.33. The van der Waals surface area contributed by atoms with E-state index >= 15 is 0 Å². The van der Waals surface area contributed by atoms with E-state index in [1.807, 2.05) is 29.9 Å². The molecule has 6 nitrogen and oxygen atoms in total. The van der Waals surface area contributed by atoms with Crippen molar-refractivity contribution in [1.29, 1.82) is 10.5 Å². The maximum Gasteiger partial charge on any atom is 0.176 e. The molecule has 0 saturated heterocycles. The summed E-state index contributed by atoms with van der Waals surface area (Å²) in [5.74, 6) is 0. The summed E-state index contributed by atoms with van der Waals surface area (Å²) in [6.07, 6.45) is 5.16. The Kier molecular flexibility index (Phi) is 2.89. The number of imidazole rings is 1. The third kappa shape index (κ3) is 2.01. The number of aryl methyl sites for hydroxylation is 1. The molecule has 0 bridgehead atoms. The van der Waals surface area contributed by atoms with Crippen LogP contribution in [0.4, 0.5) is 0 Å². The predicted molar refractivity (Wildman–Crippen MR) is 58.7 cm³/mol. The topological polar surface area (TPSA) is 83.2 Å². The molecular weight excluding hydrogens is 216 g/mol. The van der Waals surface area contributed by atoms with Gasteiger partial charge in [0.05, 0.1) is 19.1 Å². The lowest BCUT2D eigenvalue weighted by molar-refractivity contribution is 0.658. The predicted octanol–water partition coefficient (Wildman–Crippen LogP) is 0.891. The number of nitrogens with zero attached hydrogens (tertiary/aromatic N) is 6. The lowest BCUT2D eigenvalue weighted by atomic mass is 10.3. The molecule has 6 heteroatoms. The summed E-state index contributed by atoms with van der Waals surface area (Å²) in [6.45, 7) is 3.30. The van der Waals surface area contributed by atoms with Gasteiger partial charge in [-0.25, -0.2) is 4.98 Å². The van der Waals surface area contributed by atoms with Crippen molar-refractivity contribution < 1.29 is 0 Å². The van der Waals surface area contributed by atoms with E-state index in [0.717, 1.165) is 12.1 Å². The zero-order chi connectivity index (χ0) is 12.3. The minimum absolute atomic E-state index is 0.162. The Bertz CT molecular complexity index is 607. The van der Waals surface area contributed by atoms with Crippen molar-refractivity contribution in [3.8, 4) is 12.1 Å². The highest BCUT2D eigenvalue weighted by Gasteiger charge is 2.10. The Balaban J connectivity index is 2.28. The standard InChI is InChI=1S/C11H10N6/c1-2-17-7-9(5-15-17)6-16-8-14-10(3-12)11(16)4-13/h5,7-8H,2,6H2,1H3. The summed E-state index contributed by atoms with van der Waals surface area (Å²) in [4.78, 5) is 3.88. The lowest BCUT2D eigenvalue weighted by Gasteiger charge is -2.00. The first-order valence-corrected chi connectivity index (χ1v) is 5.15. The molecule has 0 aliphatic heterocycles. The van der Waals surface area contributed by atoms with E-state index in [4.69, 9.17) is 10.5 Å². The second-order valence-corrected chi connectivity index (χ2v) is 3.50. The highest BCUT2D eigenvalue weighted by molar-refractivity contribution is 5.36. The summed E-state index contributed by atoms with van der Waals surface area (Å²) < 4.78 is 3.46. The second kappa shape index (κ2) is 4.50. The number of hydrogen-bond donors (Lipinski definition) is 0. The van der Waals surface area contributed by atoms with Gasteiger partial charge in [-0.1, -0.05) is 0 Å². The van der Waals surface area contributed by atoms with Crippen LogP contribution >= 0.6 is 0 Å². The largest absolute Gasteiger partial charge is 0.317 e. The van der Waals surface area contributed by atoms with Crippen molar-refractivity contribution in [1.82, 2.24) is 19.3 Å². The van der Waals surface area contributed by atoms with E-state index in [1.54, 1.807) is 10.8 Å². The molecule has 0 unspecified atom stereocenters. The molecule has 0 fully saturated rings. The van der Waals surface area contributed by atoms with Gasteiger partial charge >= 0.3 is 0 Å². The maximum atomic E-state index is 8.97. The average Bonchev–Trinajstić information content (AvgIpc) is 2.95. The van der Waals surface area contributed by atoms with Gasteiger partial charge in [-0.2, -0.15) is 15.6 Å². The smallest absolute Gasteiger partial charge is 0.176 e. The summed E-state index contributed by atoms with van der Waals surface area (Å²) in [7, 11) is 0. The van der Waals surface area contributed by atoms with E-state index in [2.05, 4.69) is 10.1 Å². The number of hydrogen-bond acceptors (Lipinski definition) is 4. The number of rotatable bonds is 3. The van der Waals surface area contributed by atoms with Gasteiger partial charge in [0, 0.05) is 18.3 Å². The third-order valence-electron chi connectivity index (χ3n) is 2.41. The normalized spacial score (nSPS) is 9.82. The summed E-state index contributed by atoms with van der Waals surface area (Å²) in [5.41, 5.74) is 1.43. The minimum Gasteiger partial charge on any atom is -0.317 e. The van der Waals surface area contributed by atoms with Gasteiger partial charge < -0.3 is 4.57 Å². The summed E-state index contributed by atoms with van der Waals surface area (Å²) in [5, 5.41) is 21.9. The Morgan fingerprint density at radius 2 is 2.18 bits per heavy atom. The monoisotopic (exact) mass is 226 g/mol. The number of nitriles is 2. The van der Waals surface area contributed by atoms with Gasteiger partial charge in [0.1, 0.15) is 12.1 Å². The Hall–Kier alpha value is -2.60. The van der Waals surface area contributed by atoms with Crippen molar-refractivity contribution in [2.45, 2.75) is 20.0 Å². The van der Waals surface area contributed by atoms with Crippen LogP contribution in [0.2, 0.25) is 0 Å². The molecular formula is C11H10N6. The Morgan fingerprint density at radius 1 is 1.35 bits per heavy atom. The maximum absolute atomic E-state index is 8.97. The SMILES string of the molecule is CCn1cc(Cn2cnc(C#N)c2C#N)cn1. The molecule has 0 aliphatic rings. The highest BCUT2D eigenvalue weighted by atomic mass is 15.3. The fourth-order valence-corrected chi connectivity index (χ4v) is 1.56. The molecule has 84 valence electrons. The van der Waals surface area contributed by atoms with Crippen LogP contribution in [0, 0.1) is 22.7 Å². The van der Waals surface area contributed by atoms with Gasteiger partial charge in [-0.3, -0.25) is 4.68 Å². The highest BCUT2D eigenvalue weighted by Crippen LogP contribution is 2.08. The minimum atomic E-state index is 0.162. The van der Waals surface area contributed by atoms with Crippen LogP contribution in [0.1, 0.15) is 23.9 Å². The fourth-order valence-electron chi connectivity index (χ4n) is 1.56. The molecule has 0 spiro atoms. The summed E-state index contributed by atoms with van der Waals surface area (Å²) in [6, 6.07) is 3.88. The van der Waals surface area contributed by atoms with Gasteiger partial charge in [-0.05, 0) is 6.92 Å². The molecule has 0 radical (unpaired) electrons. The van der Waals surface area contributed by atoms with Crippen LogP contribution < -0.4 is 0 Å². The molecule has 0 saturated carbocycles. The van der Waals surface area contributed by atoms with Crippen LogP contribution in [0.5, 0.6) is 0 Å². The van der Waals surface area contributed by atoms with E-state index in [-0.39, 0.29) is 11.4 Å². The summed E-state index contributed by atoms with van der Waals surface area (Å²) >= 11 is 0. The molecule has 0 N–H and O–H groups in total. The van der Waals surface area contributed by atoms with E-state index in [1.165, 1.54) is 6.33 Å². The van der Waals surface area contributed by atoms with Crippen LogP contribution in [0.3, 0.4) is 0 Å². The van der Waals surface area contributed by atoms with E-state index in [0.29, 0.717) is 6.54 Å². The van der Waals surface area contributed by atoms with Crippen LogP contribution in [-0.4, -0.2) is 19.3 Å². The first-order chi connectivity index (χ1) is 8.28. The number of aromatic nitrogens is 4. The third-order valence-corrected chi connectivity index (χ3v) is 2.41. The first kappa shape index (κ1) is 10.9. The molecule has 2 heterocycles. The molecule has 2 aromatic rings. The van der Waals surface area contributed by atoms with E-state index in [9.17, 15) is 0 Å². The second-order valence-electron chi connectivity index (χ2n) is 3.50. The molecule has 2 aromatic heterocycles. The van der Waals surface area contributed by atoms with E-state index < -0.39 is 0 Å². The Labute approximate surface area is 98.3 Å². The first-order valence-electron chi connectivity index (χ1n) is 5.15. The molecule has 2 rings (SSSR count). The van der Waals surface area contributed by atoms with Crippen molar-refractivity contribution >= 4 is 0 Å². The molecule has 0 atom stereocenters. The average molecular weight is 226 g/mol. The zero-order valence-corrected chi connectivity index (χ0v) is 9.33. The van der Waals surface area contributed by atoms with Gasteiger partial charge in [0.15, 0.2) is 11.4 Å². The van der Waals surface area contributed by atoms with Gasteiger partial charge in [0.25, 0.3) is 0 Å². The molecule has 17 heavy (non-hydrogen) atoms. The molecule has 0 amide bonds. The van der Waals surface area contributed by atoms with Crippen molar-refractivity contribution in [2.24, 2.45) is 0 Å². The Morgan fingerprint density at radius 3 is 2.76 bits per heavy atom. The van der Waals surface area contributed by atoms with Crippen LogP contribution in [0.25, 0.3) is 0 Å². The van der Waals surface area contributed by atoms with Gasteiger partial charge in [-0.15, -0.1) is 0 Å². The van der Waals surface area contributed by atoms with Crippen molar-refractivity contribution in [2.75, 3.05) is 0 Å². The molecule has 0 aliphatic carbocycles. The quantitative estimate of drug-likeness (QED) is 0.778. The van der Waals surface area contributed by atoms with Crippen molar-refractivity contribution in [3.63, 3.8) is 0 Å².